The second-order valence-electron chi connectivity index (χ2n) is 5.41. The first-order chi connectivity index (χ1) is 9.79. The van der Waals surface area contributed by atoms with Crippen molar-refractivity contribution in [1.29, 1.82) is 0 Å². The van der Waals surface area contributed by atoms with Gasteiger partial charge in [-0.05, 0) is 37.0 Å². The van der Waals surface area contributed by atoms with Crippen LogP contribution in [0.4, 0.5) is 9.18 Å². The van der Waals surface area contributed by atoms with Gasteiger partial charge in [0.05, 0.1) is 0 Å². The number of amides is 2. The van der Waals surface area contributed by atoms with E-state index in [1.54, 1.807) is 32.9 Å². The number of carboxylic acids is 1. The van der Waals surface area contributed by atoms with Gasteiger partial charge in [-0.3, -0.25) is 0 Å². The van der Waals surface area contributed by atoms with E-state index in [4.69, 9.17) is 5.11 Å². The molecule has 1 unspecified atom stereocenters. The highest BCUT2D eigenvalue weighted by Gasteiger charge is 2.23. The van der Waals surface area contributed by atoms with E-state index in [9.17, 15) is 14.0 Å². The zero-order chi connectivity index (χ0) is 16.0. The predicted octanol–water partition coefficient (Wildman–Crippen LogP) is 2.17. The first-order valence-electron chi connectivity index (χ1n) is 6.84. The molecule has 0 radical (unpaired) electrons. The van der Waals surface area contributed by atoms with Crippen molar-refractivity contribution in [3.63, 3.8) is 0 Å². The van der Waals surface area contributed by atoms with E-state index < -0.39 is 18.0 Å². The van der Waals surface area contributed by atoms with E-state index in [2.05, 4.69) is 10.6 Å². The van der Waals surface area contributed by atoms with E-state index in [1.807, 2.05) is 0 Å². The van der Waals surface area contributed by atoms with Gasteiger partial charge >= 0.3 is 12.0 Å². The number of nitrogens with one attached hydrogen (secondary N) is 2. The molecule has 6 heteroatoms. The van der Waals surface area contributed by atoms with Gasteiger partial charge in [-0.2, -0.15) is 0 Å². The van der Waals surface area contributed by atoms with Crippen molar-refractivity contribution in [2.75, 3.05) is 0 Å². The van der Waals surface area contributed by atoms with E-state index >= 15 is 0 Å². The standard InChI is InChI=1S/C15H21FN2O3/c1-9(2)13(14(19)20)18-15(21)17-10(3)8-11-4-6-12(16)7-5-11/h4-7,9-10,13H,8H2,1-3H3,(H,19,20)(H2,17,18,21)/t10?,13-/m0/s1. The molecule has 2 amide bonds. The van der Waals surface area contributed by atoms with Crippen LogP contribution in [0.15, 0.2) is 24.3 Å². The van der Waals surface area contributed by atoms with Crippen LogP contribution in [-0.4, -0.2) is 29.2 Å². The third-order valence-corrected chi connectivity index (χ3v) is 3.05. The summed E-state index contributed by atoms with van der Waals surface area (Å²) in [5.74, 6) is -1.58. The average molecular weight is 296 g/mol. The molecule has 0 aromatic heterocycles. The highest BCUT2D eigenvalue weighted by atomic mass is 19.1. The fourth-order valence-electron chi connectivity index (χ4n) is 1.95. The Labute approximate surface area is 123 Å². The molecule has 0 saturated carbocycles. The maximum Gasteiger partial charge on any atom is 0.326 e. The number of aliphatic carboxylic acids is 1. The number of hydrogen-bond acceptors (Lipinski definition) is 2. The molecule has 3 N–H and O–H groups in total. The molecule has 0 aliphatic heterocycles. The molecule has 0 bridgehead atoms. The molecule has 0 aliphatic carbocycles. The van der Waals surface area contributed by atoms with Gasteiger partial charge in [0.25, 0.3) is 0 Å². The highest BCUT2D eigenvalue weighted by Crippen LogP contribution is 2.06. The third-order valence-electron chi connectivity index (χ3n) is 3.05. The summed E-state index contributed by atoms with van der Waals surface area (Å²) >= 11 is 0. The van der Waals surface area contributed by atoms with Crippen molar-refractivity contribution in [3.05, 3.63) is 35.6 Å². The number of rotatable bonds is 6. The minimum absolute atomic E-state index is 0.197. The number of benzene rings is 1. The van der Waals surface area contributed by atoms with Gasteiger partial charge in [0.1, 0.15) is 11.9 Å². The van der Waals surface area contributed by atoms with Crippen molar-refractivity contribution in [1.82, 2.24) is 10.6 Å². The molecule has 0 aliphatic rings. The minimum Gasteiger partial charge on any atom is -0.480 e. The van der Waals surface area contributed by atoms with Crippen LogP contribution < -0.4 is 10.6 Å². The number of hydrogen-bond donors (Lipinski definition) is 3. The molecule has 1 rings (SSSR count). The van der Waals surface area contributed by atoms with Gasteiger partial charge in [-0.15, -0.1) is 0 Å². The first-order valence-corrected chi connectivity index (χ1v) is 6.84. The molecule has 116 valence electrons. The number of urea groups is 1. The Kier molecular flexibility index (Phi) is 6.14. The minimum atomic E-state index is -1.06. The molecule has 0 heterocycles. The fourth-order valence-corrected chi connectivity index (χ4v) is 1.95. The maximum atomic E-state index is 12.8. The van der Waals surface area contributed by atoms with Crippen molar-refractivity contribution in [2.45, 2.75) is 39.3 Å². The molecule has 0 saturated heterocycles. The van der Waals surface area contributed by atoms with Gasteiger partial charge in [0.15, 0.2) is 0 Å². The molecule has 1 aromatic carbocycles. The topological polar surface area (TPSA) is 78.4 Å². The quantitative estimate of drug-likeness (QED) is 0.752. The molecule has 5 nitrogen and oxygen atoms in total. The summed E-state index contributed by atoms with van der Waals surface area (Å²) in [6.45, 7) is 5.25. The van der Waals surface area contributed by atoms with Crippen LogP contribution in [0.25, 0.3) is 0 Å². The van der Waals surface area contributed by atoms with Crippen LogP contribution in [0, 0.1) is 11.7 Å². The molecule has 0 spiro atoms. The number of carboxylic acid groups (broad SMARTS) is 1. The lowest BCUT2D eigenvalue weighted by atomic mass is 10.1. The van der Waals surface area contributed by atoms with Crippen LogP contribution in [0.1, 0.15) is 26.3 Å². The Hall–Kier alpha value is -2.11. The maximum absolute atomic E-state index is 12.8. The zero-order valence-electron chi connectivity index (χ0n) is 12.4. The number of carbonyl (C=O) groups excluding carboxylic acids is 1. The Morgan fingerprint density at radius 3 is 2.19 bits per heavy atom. The van der Waals surface area contributed by atoms with Gasteiger partial charge in [-0.25, -0.2) is 14.0 Å². The van der Waals surface area contributed by atoms with Crippen LogP contribution in [0.3, 0.4) is 0 Å². The number of carbonyl (C=O) groups is 2. The monoisotopic (exact) mass is 296 g/mol. The molecular formula is C15H21FN2O3. The largest absolute Gasteiger partial charge is 0.480 e. The smallest absolute Gasteiger partial charge is 0.326 e. The summed E-state index contributed by atoms with van der Waals surface area (Å²) in [6.07, 6.45) is 0.535. The summed E-state index contributed by atoms with van der Waals surface area (Å²) in [4.78, 5) is 22.8. The summed E-state index contributed by atoms with van der Waals surface area (Å²) < 4.78 is 12.8. The van der Waals surface area contributed by atoms with Crippen molar-refractivity contribution in [3.8, 4) is 0 Å². The Morgan fingerprint density at radius 1 is 1.14 bits per heavy atom. The Morgan fingerprint density at radius 2 is 1.71 bits per heavy atom. The predicted molar refractivity (Wildman–Crippen MR) is 77.5 cm³/mol. The van der Waals surface area contributed by atoms with Gasteiger partial charge in [0, 0.05) is 6.04 Å². The van der Waals surface area contributed by atoms with Crippen molar-refractivity contribution in [2.24, 2.45) is 5.92 Å². The van der Waals surface area contributed by atoms with E-state index in [0.717, 1.165) is 5.56 Å². The van der Waals surface area contributed by atoms with E-state index in [-0.39, 0.29) is 17.8 Å². The molecule has 21 heavy (non-hydrogen) atoms. The molecule has 2 atom stereocenters. The fraction of sp³-hybridized carbons (Fsp3) is 0.467. The average Bonchev–Trinajstić information content (AvgIpc) is 2.38. The summed E-state index contributed by atoms with van der Waals surface area (Å²) in [6, 6.07) is 4.38. The SMILES string of the molecule is CC(Cc1ccc(F)cc1)NC(=O)N[C@H](C(=O)O)C(C)C. The van der Waals surface area contributed by atoms with Crippen LogP contribution in [0.2, 0.25) is 0 Å². The summed E-state index contributed by atoms with van der Waals surface area (Å²) in [7, 11) is 0. The number of halogens is 1. The molecule has 0 fully saturated rings. The van der Waals surface area contributed by atoms with E-state index in [0.29, 0.717) is 6.42 Å². The second-order valence-corrected chi connectivity index (χ2v) is 5.41. The van der Waals surface area contributed by atoms with Crippen LogP contribution in [-0.2, 0) is 11.2 Å². The van der Waals surface area contributed by atoms with E-state index in [1.165, 1.54) is 12.1 Å². The Bertz CT molecular complexity index is 488. The lowest BCUT2D eigenvalue weighted by Gasteiger charge is -2.20. The van der Waals surface area contributed by atoms with Crippen molar-refractivity contribution < 1.29 is 19.1 Å². The summed E-state index contributed by atoms with van der Waals surface area (Å²) in [5.41, 5.74) is 0.892. The normalized spacial score (nSPS) is 13.6. The van der Waals surface area contributed by atoms with Crippen LogP contribution in [0.5, 0.6) is 0 Å². The van der Waals surface area contributed by atoms with Gasteiger partial charge in [0.2, 0.25) is 0 Å². The first kappa shape index (κ1) is 16.9. The van der Waals surface area contributed by atoms with Crippen LogP contribution >= 0.6 is 0 Å². The van der Waals surface area contributed by atoms with Gasteiger partial charge in [-0.1, -0.05) is 26.0 Å². The van der Waals surface area contributed by atoms with Gasteiger partial charge < -0.3 is 15.7 Å². The lowest BCUT2D eigenvalue weighted by Crippen LogP contribution is -2.50. The second kappa shape index (κ2) is 7.61. The molecular weight excluding hydrogens is 275 g/mol. The lowest BCUT2D eigenvalue weighted by molar-refractivity contribution is -0.140. The van der Waals surface area contributed by atoms with Crippen molar-refractivity contribution >= 4 is 12.0 Å². The Balaban J connectivity index is 2.50. The third kappa shape index (κ3) is 5.81. The summed E-state index contributed by atoms with van der Waals surface area (Å²) in [5, 5.41) is 14.1. The molecule has 1 aromatic rings. The zero-order valence-corrected chi connectivity index (χ0v) is 12.4. The highest BCUT2D eigenvalue weighted by molar-refractivity contribution is 5.82.